The summed E-state index contributed by atoms with van der Waals surface area (Å²) in [5, 5.41) is 3.80. The molecular weight excluding hydrogens is 318 g/mol. The van der Waals surface area contributed by atoms with Gasteiger partial charge >= 0.3 is 0 Å². The fourth-order valence-corrected chi connectivity index (χ4v) is 2.19. The van der Waals surface area contributed by atoms with Gasteiger partial charge in [-0.15, -0.1) is 0 Å². The molecule has 1 rings (SSSR count). The van der Waals surface area contributed by atoms with Gasteiger partial charge in [-0.05, 0) is 23.5 Å². The molecule has 20 heavy (non-hydrogen) atoms. The summed E-state index contributed by atoms with van der Waals surface area (Å²) < 4.78 is 5.35. The molecule has 1 amide bonds. The molecule has 3 nitrogen and oxygen atoms in total. The number of hydrogen-bond acceptors (Lipinski definition) is 2. The molecule has 1 N–H and O–H groups in total. The van der Waals surface area contributed by atoms with E-state index in [2.05, 4.69) is 42.0 Å². The third kappa shape index (κ3) is 5.63. The van der Waals surface area contributed by atoms with E-state index < -0.39 is 0 Å². The zero-order valence-electron chi connectivity index (χ0n) is 12.5. The van der Waals surface area contributed by atoms with Crippen LogP contribution in [0.3, 0.4) is 0 Å². The highest BCUT2D eigenvalue weighted by Crippen LogP contribution is 2.25. The molecule has 0 saturated carbocycles. The quantitative estimate of drug-likeness (QED) is 0.608. The van der Waals surface area contributed by atoms with E-state index >= 15 is 0 Å². The summed E-state index contributed by atoms with van der Waals surface area (Å²) in [6.45, 7) is 8.38. The Hall–Kier alpha value is -0.870. The summed E-state index contributed by atoms with van der Waals surface area (Å²) in [6.07, 6.45) is 0.830. The minimum atomic E-state index is -0.0348. The van der Waals surface area contributed by atoms with Gasteiger partial charge in [0.05, 0.1) is 6.61 Å². The first-order chi connectivity index (χ1) is 9.46. The minimum Gasteiger partial charge on any atom is -0.381 e. The average molecular weight is 342 g/mol. The zero-order chi connectivity index (χ0) is 15.0. The molecule has 0 aliphatic rings. The van der Waals surface area contributed by atoms with Gasteiger partial charge in [0.15, 0.2) is 0 Å². The van der Waals surface area contributed by atoms with Crippen molar-refractivity contribution in [2.75, 3.05) is 25.1 Å². The Morgan fingerprint density at radius 2 is 1.95 bits per heavy atom. The summed E-state index contributed by atoms with van der Waals surface area (Å²) in [5.41, 5.74) is 1.81. The molecule has 0 saturated heterocycles. The van der Waals surface area contributed by atoms with Crippen LogP contribution < -0.4 is 5.32 Å². The Kier molecular flexibility index (Phi) is 7.24. The van der Waals surface area contributed by atoms with Crippen LogP contribution in [0.1, 0.15) is 43.1 Å². The lowest BCUT2D eigenvalue weighted by Gasteiger charge is -2.22. The minimum absolute atomic E-state index is 0.00369. The van der Waals surface area contributed by atoms with Crippen LogP contribution in [0.15, 0.2) is 24.3 Å². The standard InChI is InChI=1S/C16H24BrNO2/c1-16(2,3)14-8-5-4-7-13(14)15(19)18-10-6-11-20-12-9-17/h4-5,7-8H,6,9-12H2,1-3H3,(H,18,19). The van der Waals surface area contributed by atoms with E-state index in [1.807, 2.05) is 24.3 Å². The van der Waals surface area contributed by atoms with Crippen LogP contribution in [0.2, 0.25) is 0 Å². The first-order valence-corrected chi connectivity index (χ1v) is 8.10. The number of carbonyl (C=O) groups is 1. The van der Waals surface area contributed by atoms with E-state index in [0.717, 1.165) is 22.9 Å². The van der Waals surface area contributed by atoms with Gasteiger partial charge in [0.25, 0.3) is 5.91 Å². The summed E-state index contributed by atoms with van der Waals surface area (Å²) >= 11 is 3.30. The van der Waals surface area contributed by atoms with Crippen LogP contribution in [0.5, 0.6) is 0 Å². The summed E-state index contributed by atoms with van der Waals surface area (Å²) in [5.74, 6) is -0.00369. The molecule has 4 heteroatoms. The molecule has 0 heterocycles. The van der Waals surface area contributed by atoms with Crippen LogP contribution in [-0.4, -0.2) is 31.0 Å². The summed E-state index contributed by atoms with van der Waals surface area (Å²) in [7, 11) is 0. The average Bonchev–Trinajstić information content (AvgIpc) is 2.41. The van der Waals surface area contributed by atoms with Gasteiger partial charge in [0, 0.05) is 24.0 Å². The molecule has 0 bridgehead atoms. The Morgan fingerprint density at radius 1 is 1.25 bits per heavy atom. The Morgan fingerprint density at radius 3 is 2.60 bits per heavy atom. The highest BCUT2D eigenvalue weighted by molar-refractivity contribution is 9.09. The van der Waals surface area contributed by atoms with Crippen LogP contribution in [0, 0.1) is 0 Å². The van der Waals surface area contributed by atoms with Crippen molar-refractivity contribution >= 4 is 21.8 Å². The van der Waals surface area contributed by atoms with Crippen molar-refractivity contribution in [3.05, 3.63) is 35.4 Å². The molecule has 0 fully saturated rings. The van der Waals surface area contributed by atoms with Crippen molar-refractivity contribution in [2.24, 2.45) is 0 Å². The van der Waals surface area contributed by atoms with Crippen LogP contribution in [-0.2, 0) is 10.2 Å². The fraction of sp³-hybridized carbons (Fsp3) is 0.562. The van der Waals surface area contributed by atoms with Gasteiger partial charge in [-0.1, -0.05) is 54.9 Å². The number of carbonyl (C=O) groups excluding carboxylic acids is 1. The maximum absolute atomic E-state index is 12.2. The first kappa shape index (κ1) is 17.2. The molecule has 0 atom stereocenters. The van der Waals surface area contributed by atoms with E-state index in [1.54, 1.807) is 0 Å². The van der Waals surface area contributed by atoms with Gasteiger partial charge in [-0.25, -0.2) is 0 Å². The molecule has 1 aromatic carbocycles. The zero-order valence-corrected chi connectivity index (χ0v) is 14.1. The number of hydrogen-bond donors (Lipinski definition) is 1. The van der Waals surface area contributed by atoms with E-state index in [-0.39, 0.29) is 11.3 Å². The normalized spacial score (nSPS) is 11.4. The maximum atomic E-state index is 12.2. The van der Waals surface area contributed by atoms with E-state index in [1.165, 1.54) is 0 Å². The monoisotopic (exact) mass is 341 g/mol. The number of alkyl halides is 1. The van der Waals surface area contributed by atoms with Crippen molar-refractivity contribution in [2.45, 2.75) is 32.6 Å². The highest BCUT2D eigenvalue weighted by atomic mass is 79.9. The summed E-state index contributed by atoms with van der Waals surface area (Å²) in [4.78, 5) is 12.2. The van der Waals surface area contributed by atoms with Crippen LogP contribution >= 0.6 is 15.9 Å². The van der Waals surface area contributed by atoms with Crippen molar-refractivity contribution in [1.82, 2.24) is 5.32 Å². The van der Waals surface area contributed by atoms with E-state index in [0.29, 0.717) is 19.8 Å². The molecule has 0 aromatic heterocycles. The van der Waals surface area contributed by atoms with E-state index in [9.17, 15) is 4.79 Å². The van der Waals surface area contributed by atoms with E-state index in [4.69, 9.17) is 4.74 Å². The van der Waals surface area contributed by atoms with Gasteiger partial charge in [-0.2, -0.15) is 0 Å². The third-order valence-electron chi connectivity index (χ3n) is 2.95. The molecule has 0 aliphatic carbocycles. The number of halogens is 1. The van der Waals surface area contributed by atoms with Gasteiger partial charge in [-0.3, -0.25) is 4.79 Å². The highest BCUT2D eigenvalue weighted by Gasteiger charge is 2.20. The molecule has 112 valence electrons. The van der Waals surface area contributed by atoms with Crippen molar-refractivity contribution in [1.29, 1.82) is 0 Å². The lowest BCUT2D eigenvalue weighted by molar-refractivity contribution is 0.0942. The van der Waals surface area contributed by atoms with Gasteiger partial charge in [0.1, 0.15) is 0 Å². The topological polar surface area (TPSA) is 38.3 Å². The van der Waals surface area contributed by atoms with Gasteiger partial charge < -0.3 is 10.1 Å². The van der Waals surface area contributed by atoms with Gasteiger partial charge in [0.2, 0.25) is 0 Å². The second-order valence-electron chi connectivity index (χ2n) is 5.71. The Balaban J connectivity index is 2.52. The fourth-order valence-electron chi connectivity index (χ4n) is 1.96. The second kappa shape index (κ2) is 8.42. The largest absolute Gasteiger partial charge is 0.381 e. The lowest BCUT2D eigenvalue weighted by atomic mass is 9.83. The number of nitrogens with one attached hydrogen (secondary N) is 1. The maximum Gasteiger partial charge on any atom is 0.251 e. The first-order valence-electron chi connectivity index (χ1n) is 6.98. The Labute approximate surface area is 130 Å². The number of amides is 1. The molecule has 0 spiro atoms. The predicted octanol–water partition coefficient (Wildman–Crippen LogP) is 3.52. The number of ether oxygens (including phenoxy) is 1. The molecule has 0 radical (unpaired) electrons. The molecule has 0 unspecified atom stereocenters. The number of benzene rings is 1. The molecular formula is C16H24BrNO2. The second-order valence-corrected chi connectivity index (χ2v) is 6.50. The van der Waals surface area contributed by atoms with Crippen molar-refractivity contribution in [3.63, 3.8) is 0 Å². The smallest absolute Gasteiger partial charge is 0.251 e. The summed E-state index contributed by atoms with van der Waals surface area (Å²) in [6, 6.07) is 7.79. The Bertz CT molecular complexity index is 427. The van der Waals surface area contributed by atoms with Crippen LogP contribution in [0.25, 0.3) is 0 Å². The lowest BCUT2D eigenvalue weighted by Crippen LogP contribution is -2.28. The SMILES string of the molecule is CC(C)(C)c1ccccc1C(=O)NCCCOCCBr. The van der Waals surface area contributed by atoms with Crippen molar-refractivity contribution in [3.8, 4) is 0 Å². The van der Waals surface area contributed by atoms with Crippen molar-refractivity contribution < 1.29 is 9.53 Å². The third-order valence-corrected chi connectivity index (χ3v) is 3.28. The molecule has 1 aromatic rings. The number of rotatable bonds is 7. The molecule has 0 aliphatic heterocycles. The predicted molar refractivity (Wildman–Crippen MR) is 86.7 cm³/mol. The van der Waals surface area contributed by atoms with Crippen LogP contribution in [0.4, 0.5) is 0 Å².